The van der Waals surface area contributed by atoms with Crippen molar-refractivity contribution in [2.75, 3.05) is 11.9 Å². The van der Waals surface area contributed by atoms with Gasteiger partial charge in [-0.3, -0.25) is 20.4 Å². The summed E-state index contributed by atoms with van der Waals surface area (Å²) in [5.41, 5.74) is 5.25. The fraction of sp³-hybridized carbons (Fsp3) is 0.118. The predicted octanol–water partition coefficient (Wildman–Crippen LogP) is 2.97. The van der Waals surface area contributed by atoms with Crippen LogP contribution in [0.4, 0.5) is 10.5 Å². The normalized spacial score (nSPS) is 9.92. The zero-order valence-corrected chi connectivity index (χ0v) is 15.0. The Morgan fingerprint density at radius 1 is 0.923 bits per heavy atom. The highest BCUT2D eigenvalue weighted by atomic mass is 35.5. The lowest BCUT2D eigenvalue weighted by molar-refractivity contribution is -0.121. The Balaban J connectivity index is 1.69. The SMILES string of the molecule is O=C(CCNC(=O)Nc1ccccc1)NNC(=O)c1cc(Cl)ccc1Cl. The van der Waals surface area contributed by atoms with Crippen LogP contribution in [0.25, 0.3) is 0 Å². The third-order valence-corrected chi connectivity index (χ3v) is 3.72. The first kappa shape index (κ1) is 19.6. The van der Waals surface area contributed by atoms with Crippen molar-refractivity contribution in [1.82, 2.24) is 16.2 Å². The molecule has 0 spiro atoms. The van der Waals surface area contributed by atoms with Gasteiger partial charge in [-0.05, 0) is 30.3 Å². The summed E-state index contributed by atoms with van der Waals surface area (Å²) in [6.07, 6.45) is -0.0221. The quantitative estimate of drug-likeness (QED) is 0.586. The van der Waals surface area contributed by atoms with Gasteiger partial charge < -0.3 is 10.6 Å². The Morgan fingerprint density at radius 3 is 2.38 bits per heavy atom. The number of carbonyl (C=O) groups excluding carboxylic acids is 3. The molecule has 0 saturated carbocycles. The minimum absolute atomic E-state index is 0.0221. The van der Waals surface area contributed by atoms with Crippen molar-refractivity contribution in [2.24, 2.45) is 0 Å². The summed E-state index contributed by atoms with van der Waals surface area (Å²) in [5.74, 6) is -1.07. The zero-order chi connectivity index (χ0) is 18.9. The topological polar surface area (TPSA) is 99.3 Å². The van der Waals surface area contributed by atoms with E-state index >= 15 is 0 Å². The van der Waals surface area contributed by atoms with Crippen LogP contribution in [0.3, 0.4) is 0 Å². The Labute approximate surface area is 160 Å². The van der Waals surface area contributed by atoms with Crippen molar-refractivity contribution in [3.8, 4) is 0 Å². The van der Waals surface area contributed by atoms with Gasteiger partial charge in [0.15, 0.2) is 0 Å². The van der Waals surface area contributed by atoms with E-state index in [1.807, 2.05) is 6.07 Å². The number of anilines is 1. The fourth-order valence-corrected chi connectivity index (χ4v) is 2.29. The van der Waals surface area contributed by atoms with E-state index in [2.05, 4.69) is 21.5 Å². The fourth-order valence-electron chi connectivity index (χ4n) is 1.91. The highest BCUT2D eigenvalue weighted by molar-refractivity contribution is 6.35. The molecule has 0 radical (unpaired) electrons. The standard InChI is InChI=1S/C17H16Cl2N4O3/c18-11-6-7-14(19)13(10-11)16(25)23-22-15(24)8-9-20-17(26)21-12-4-2-1-3-5-12/h1-7,10H,8-9H2,(H,22,24)(H,23,25)(H2,20,21,26). The second-order valence-electron chi connectivity index (χ2n) is 5.12. The Hall–Kier alpha value is -2.77. The summed E-state index contributed by atoms with van der Waals surface area (Å²) >= 11 is 11.7. The first-order valence-electron chi connectivity index (χ1n) is 7.60. The molecule has 2 aromatic carbocycles. The van der Waals surface area contributed by atoms with Crippen LogP contribution in [0.2, 0.25) is 10.0 Å². The van der Waals surface area contributed by atoms with Crippen molar-refractivity contribution in [2.45, 2.75) is 6.42 Å². The van der Waals surface area contributed by atoms with Gasteiger partial charge in [-0.1, -0.05) is 41.4 Å². The molecule has 2 aromatic rings. The highest BCUT2D eigenvalue weighted by Gasteiger charge is 2.12. The minimum atomic E-state index is -0.597. The third kappa shape index (κ3) is 6.27. The summed E-state index contributed by atoms with van der Waals surface area (Å²) in [5, 5.41) is 5.71. The van der Waals surface area contributed by atoms with E-state index in [1.165, 1.54) is 12.1 Å². The van der Waals surface area contributed by atoms with Crippen molar-refractivity contribution >= 4 is 46.7 Å². The number of amides is 4. The molecule has 0 bridgehead atoms. The minimum Gasteiger partial charge on any atom is -0.337 e. The van der Waals surface area contributed by atoms with Gasteiger partial charge in [0, 0.05) is 23.7 Å². The van der Waals surface area contributed by atoms with Gasteiger partial charge >= 0.3 is 6.03 Å². The van der Waals surface area contributed by atoms with E-state index in [4.69, 9.17) is 23.2 Å². The predicted molar refractivity (Wildman–Crippen MR) is 100 cm³/mol. The second-order valence-corrected chi connectivity index (χ2v) is 5.97. The monoisotopic (exact) mass is 394 g/mol. The number of hydrogen-bond acceptors (Lipinski definition) is 3. The molecule has 136 valence electrons. The van der Waals surface area contributed by atoms with Gasteiger partial charge in [0.2, 0.25) is 5.91 Å². The third-order valence-electron chi connectivity index (χ3n) is 3.16. The van der Waals surface area contributed by atoms with Gasteiger partial charge in [0.05, 0.1) is 10.6 Å². The lowest BCUT2D eigenvalue weighted by Crippen LogP contribution is -2.43. The van der Waals surface area contributed by atoms with Crippen LogP contribution in [0, 0.1) is 0 Å². The highest BCUT2D eigenvalue weighted by Crippen LogP contribution is 2.20. The maximum Gasteiger partial charge on any atom is 0.319 e. The second kappa shape index (κ2) is 9.65. The number of urea groups is 1. The van der Waals surface area contributed by atoms with Crippen molar-refractivity contribution in [1.29, 1.82) is 0 Å². The van der Waals surface area contributed by atoms with Crippen molar-refractivity contribution < 1.29 is 14.4 Å². The Bertz CT molecular complexity index is 800. The Kier molecular flexibility index (Phi) is 7.25. The smallest absolute Gasteiger partial charge is 0.319 e. The first-order chi connectivity index (χ1) is 12.5. The van der Waals surface area contributed by atoms with E-state index in [-0.39, 0.29) is 23.6 Å². The number of rotatable bonds is 5. The van der Waals surface area contributed by atoms with Crippen LogP contribution >= 0.6 is 23.2 Å². The molecule has 9 heteroatoms. The number of benzene rings is 2. The van der Waals surface area contributed by atoms with Crippen LogP contribution < -0.4 is 21.5 Å². The molecule has 4 amide bonds. The molecule has 0 saturated heterocycles. The van der Waals surface area contributed by atoms with E-state index in [0.29, 0.717) is 10.7 Å². The number of carbonyl (C=O) groups is 3. The summed E-state index contributed by atoms with van der Waals surface area (Å²) in [7, 11) is 0. The molecular formula is C17H16Cl2N4O3. The molecule has 2 rings (SSSR count). The summed E-state index contributed by atoms with van der Waals surface area (Å²) in [4.78, 5) is 35.3. The van der Waals surface area contributed by atoms with Gasteiger partial charge in [0.1, 0.15) is 0 Å². The van der Waals surface area contributed by atoms with Crippen LogP contribution in [0.5, 0.6) is 0 Å². The van der Waals surface area contributed by atoms with E-state index in [9.17, 15) is 14.4 Å². The zero-order valence-electron chi connectivity index (χ0n) is 13.5. The molecule has 0 unspecified atom stereocenters. The first-order valence-corrected chi connectivity index (χ1v) is 8.35. The molecule has 7 nitrogen and oxygen atoms in total. The summed E-state index contributed by atoms with van der Waals surface area (Å²) < 4.78 is 0. The van der Waals surface area contributed by atoms with E-state index in [1.54, 1.807) is 30.3 Å². The molecule has 0 atom stereocenters. The maximum atomic E-state index is 12.0. The number of hydrogen-bond donors (Lipinski definition) is 4. The van der Waals surface area contributed by atoms with Gasteiger partial charge in [0.25, 0.3) is 5.91 Å². The largest absolute Gasteiger partial charge is 0.337 e. The average molecular weight is 395 g/mol. The number of halogens is 2. The van der Waals surface area contributed by atoms with Crippen molar-refractivity contribution in [3.63, 3.8) is 0 Å². The lowest BCUT2D eigenvalue weighted by Gasteiger charge is -2.10. The van der Waals surface area contributed by atoms with Crippen LogP contribution in [0.1, 0.15) is 16.8 Å². The molecule has 4 N–H and O–H groups in total. The molecule has 0 aliphatic carbocycles. The maximum absolute atomic E-state index is 12.0. The summed E-state index contributed by atoms with van der Waals surface area (Å²) in [6.45, 7) is 0.0955. The van der Waals surface area contributed by atoms with Gasteiger partial charge in [-0.2, -0.15) is 0 Å². The van der Waals surface area contributed by atoms with Crippen LogP contribution in [-0.4, -0.2) is 24.4 Å². The molecule has 0 heterocycles. The Morgan fingerprint density at radius 2 is 1.65 bits per heavy atom. The number of para-hydroxylation sites is 1. The van der Waals surface area contributed by atoms with Crippen molar-refractivity contribution in [3.05, 3.63) is 64.1 Å². The van der Waals surface area contributed by atoms with Crippen LogP contribution in [0.15, 0.2) is 48.5 Å². The van der Waals surface area contributed by atoms with Crippen LogP contribution in [-0.2, 0) is 4.79 Å². The average Bonchev–Trinajstić information content (AvgIpc) is 2.62. The number of nitrogens with one attached hydrogen (secondary N) is 4. The lowest BCUT2D eigenvalue weighted by atomic mass is 10.2. The molecular weight excluding hydrogens is 379 g/mol. The molecule has 0 aliphatic rings. The molecule has 0 fully saturated rings. The molecule has 26 heavy (non-hydrogen) atoms. The van der Waals surface area contributed by atoms with E-state index < -0.39 is 17.8 Å². The number of hydrazine groups is 1. The van der Waals surface area contributed by atoms with Gasteiger partial charge in [-0.15, -0.1) is 0 Å². The van der Waals surface area contributed by atoms with Gasteiger partial charge in [-0.25, -0.2) is 4.79 Å². The molecule has 0 aliphatic heterocycles. The summed E-state index contributed by atoms with van der Waals surface area (Å²) in [6, 6.07) is 12.9. The van der Waals surface area contributed by atoms with E-state index in [0.717, 1.165) is 0 Å². The molecule has 0 aromatic heterocycles.